The summed E-state index contributed by atoms with van der Waals surface area (Å²) in [6.07, 6.45) is 3.63. The molecule has 7 nitrogen and oxygen atoms in total. The summed E-state index contributed by atoms with van der Waals surface area (Å²) in [6, 6.07) is 9.19. The number of urea groups is 1. The normalized spacial score (nSPS) is 13.5. The Labute approximate surface area is 142 Å². The van der Waals surface area contributed by atoms with Gasteiger partial charge in [-0.15, -0.1) is 0 Å². The predicted molar refractivity (Wildman–Crippen MR) is 91.2 cm³/mol. The summed E-state index contributed by atoms with van der Waals surface area (Å²) in [4.78, 5) is 16.3. The van der Waals surface area contributed by atoms with Crippen LogP contribution in [0, 0.1) is 5.92 Å². The first-order valence-electron chi connectivity index (χ1n) is 8.15. The number of aliphatic hydroxyl groups is 1. The summed E-state index contributed by atoms with van der Waals surface area (Å²) in [5.41, 5.74) is 0.992. The van der Waals surface area contributed by atoms with Crippen molar-refractivity contribution in [2.45, 2.75) is 38.9 Å². The van der Waals surface area contributed by atoms with Crippen LogP contribution >= 0.6 is 0 Å². The maximum Gasteiger partial charge on any atom is 0.315 e. The number of aliphatic hydroxyl groups excluding tert-OH is 1. The second-order valence-corrected chi connectivity index (χ2v) is 6.06. The van der Waals surface area contributed by atoms with Crippen LogP contribution in [0.3, 0.4) is 0 Å². The van der Waals surface area contributed by atoms with Crippen molar-refractivity contribution < 1.29 is 9.90 Å². The van der Waals surface area contributed by atoms with E-state index in [-0.39, 0.29) is 30.6 Å². The minimum atomic E-state index is -0.254. The lowest BCUT2D eigenvalue weighted by molar-refractivity contribution is 0.214. The molecule has 7 heteroatoms. The quantitative estimate of drug-likeness (QED) is 0.687. The smallest absolute Gasteiger partial charge is 0.315 e. The lowest BCUT2D eigenvalue weighted by Gasteiger charge is -2.25. The van der Waals surface area contributed by atoms with Crippen molar-refractivity contribution in [2.75, 3.05) is 6.61 Å². The lowest BCUT2D eigenvalue weighted by Crippen LogP contribution is -2.46. The molecule has 0 spiro atoms. The number of carbonyl (C=O) groups is 1. The molecule has 0 saturated carbocycles. The van der Waals surface area contributed by atoms with Crippen LogP contribution in [0.2, 0.25) is 0 Å². The Kier molecular flexibility index (Phi) is 6.74. The summed E-state index contributed by atoms with van der Waals surface area (Å²) >= 11 is 0. The summed E-state index contributed by atoms with van der Waals surface area (Å²) in [5.74, 6) is 0.244. The summed E-state index contributed by atoms with van der Waals surface area (Å²) in [6.45, 7) is 4.57. The third-order valence-corrected chi connectivity index (χ3v) is 3.90. The van der Waals surface area contributed by atoms with Gasteiger partial charge in [0.25, 0.3) is 0 Å². The van der Waals surface area contributed by atoms with Crippen LogP contribution in [0.4, 0.5) is 4.79 Å². The van der Waals surface area contributed by atoms with Crippen molar-refractivity contribution in [3.8, 4) is 0 Å². The fourth-order valence-electron chi connectivity index (χ4n) is 2.51. The monoisotopic (exact) mass is 331 g/mol. The molecule has 130 valence electrons. The molecule has 1 heterocycles. The highest BCUT2D eigenvalue weighted by molar-refractivity contribution is 5.74. The van der Waals surface area contributed by atoms with Crippen LogP contribution in [-0.2, 0) is 6.54 Å². The first-order valence-corrected chi connectivity index (χ1v) is 8.15. The third kappa shape index (κ3) is 5.34. The second-order valence-electron chi connectivity index (χ2n) is 6.06. The zero-order chi connectivity index (χ0) is 17.4. The van der Waals surface area contributed by atoms with Gasteiger partial charge in [0.2, 0.25) is 0 Å². The minimum Gasteiger partial charge on any atom is -0.396 e. The maximum atomic E-state index is 12.4. The van der Waals surface area contributed by atoms with Crippen molar-refractivity contribution in [2.24, 2.45) is 5.92 Å². The Balaban J connectivity index is 2.05. The number of rotatable bonds is 8. The second kappa shape index (κ2) is 9.02. The van der Waals surface area contributed by atoms with Crippen LogP contribution in [0.5, 0.6) is 0 Å². The molecule has 0 aliphatic heterocycles. The van der Waals surface area contributed by atoms with E-state index in [1.807, 2.05) is 44.2 Å². The molecule has 0 aliphatic carbocycles. The molecule has 0 saturated heterocycles. The number of amides is 2. The van der Waals surface area contributed by atoms with E-state index in [4.69, 9.17) is 5.11 Å². The first-order chi connectivity index (χ1) is 11.6. The Bertz CT molecular complexity index is 601. The van der Waals surface area contributed by atoms with Crippen molar-refractivity contribution >= 4 is 6.03 Å². The fraction of sp³-hybridized carbons (Fsp3) is 0.471. The van der Waals surface area contributed by atoms with E-state index < -0.39 is 0 Å². The van der Waals surface area contributed by atoms with Gasteiger partial charge in [-0.2, -0.15) is 5.10 Å². The molecule has 2 atom stereocenters. The first kappa shape index (κ1) is 17.9. The Hall–Kier alpha value is -2.41. The average Bonchev–Trinajstić information content (AvgIpc) is 3.07. The van der Waals surface area contributed by atoms with Crippen molar-refractivity contribution in [1.29, 1.82) is 0 Å². The summed E-state index contributed by atoms with van der Waals surface area (Å²) < 4.78 is 1.69. The van der Waals surface area contributed by atoms with Gasteiger partial charge in [-0.3, -0.25) is 4.68 Å². The lowest BCUT2D eigenvalue weighted by atomic mass is 10.0. The van der Waals surface area contributed by atoms with E-state index in [9.17, 15) is 4.79 Å². The number of nitrogens with zero attached hydrogens (tertiary/aromatic N) is 3. The zero-order valence-corrected chi connectivity index (χ0v) is 14.1. The van der Waals surface area contributed by atoms with Gasteiger partial charge in [0, 0.05) is 12.6 Å². The Morgan fingerprint density at radius 1 is 1.25 bits per heavy atom. The van der Waals surface area contributed by atoms with Crippen molar-refractivity contribution in [3.63, 3.8) is 0 Å². The standard InChI is InChI=1S/C17H25N5O2/c1-13(2)15(8-9-23)20-17(24)21-16(10-22-12-18-11-19-22)14-6-4-3-5-7-14/h3-7,11-13,15-16,23H,8-10H2,1-2H3,(H2,20,21,24). The van der Waals surface area contributed by atoms with Gasteiger partial charge in [0.05, 0.1) is 12.6 Å². The highest BCUT2D eigenvalue weighted by Crippen LogP contribution is 2.15. The van der Waals surface area contributed by atoms with Gasteiger partial charge >= 0.3 is 6.03 Å². The van der Waals surface area contributed by atoms with Crippen LogP contribution in [-0.4, -0.2) is 38.6 Å². The number of carbonyl (C=O) groups excluding carboxylic acids is 1. The average molecular weight is 331 g/mol. The summed E-state index contributed by atoms with van der Waals surface area (Å²) in [5, 5.41) is 19.2. The van der Waals surface area contributed by atoms with E-state index in [0.29, 0.717) is 13.0 Å². The molecule has 1 aromatic carbocycles. The molecule has 24 heavy (non-hydrogen) atoms. The maximum absolute atomic E-state index is 12.4. The largest absolute Gasteiger partial charge is 0.396 e. The van der Waals surface area contributed by atoms with E-state index in [2.05, 4.69) is 20.7 Å². The van der Waals surface area contributed by atoms with E-state index >= 15 is 0 Å². The molecule has 2 rings (SSSR count). The zero-order valence-electron chi connectivity index (χ0n) is 14.1. The SMILES string of the molecule is CC(C)C(CCO)NC(=O)NC(Cn1cncn1)c1ccccc1. The van der Waals surface area contributed by atoms with Gasteiger partial charge in [0.15, 0.2) is 0 Å². The highest BCUT2D eigenvalue weighted by atomic mass is 16.3. The number of hydrogen-bond donors (Lipinski definition) is 3. The molecule has 2 aromatic rings. The number of hydrogen-bond acceptors (Lipinski definition) is 4. The van der Waals surface area contributed by atoms with Crippen LogP contribution < -0.4 is 10.6 Å². The molecule has 0 aliphatic rings. The molecule has 0 bridgehead atoms. The Morgan fingerprint density at radius 2 is 2.00 bits per heavy atom. The third-order valence-electron chi connectivity index (χ3n) is 3.90. The van der Waals surface area contributed by atoms with Crippen LogP contribution in [0.1, 0.15) is 31.9 Å². The molecular weight excluding hydrogens is 306 g/mol. The fourth-order valence-corrected chi connectivity index (χ4v) is 2.51. The highest BCUT2D eigenvalue weighted by Gasteiger charge is 2.19. The summed E-state index contributed by atoms with van der Waals surface area (Å²) in [7, 11) is 0. The number of benzene rings is 1. The van der Waals surface area contributed by atoms with Gasteiger partial charge < -0.3 is 15.7 Å². The molecule has 0 radical (unpaired) electrons. The number of nitrogens with one attached hydrogen (secondary N) is 2. The predicted octanol–water partition coefficient (Wildman–Crippen LogP) is 1.73. The van der Waals surface area contributed by atoms with Crippen LogP contribution in [0.15, 0.2) is 43.0 Å². The van der Waals surface area contributed by atoms with E-state index in [1.54, 1.807) is 11.0 Å². The topological polar surface area (TPSA) is 92.1 Å². The molecular formula is C17H25N5O2. The van der Waals surface area contributed by atoms with Gasteiger partial charge in [-0.05, 0) is 17.9 Å². The van der Waals surface area contributed by atoms with Gasteiger partial charge in [0.1, 0.15) is 12.7 Å². The van der Waals surface area contributed by atoms with E-state index in [0.717, 1.165) is 5.56 Å². The number of aromatic nitrogens is 3. The van der Waals surface area contributed by atoms with Gasteiger partial charge in [-0.25, -0.2) is 9.78 Å². The molecule has 3 N–H and O–H groups in total. The molecule has 0 fully saturated rings. The van der Waals surface area contributed by atoms with E-state index in [1.165, 1.54) is 6.33 Å². The van der Waals surface area contributed by atoms with Crippen molar-refractivity contribution in [3.05, 3.63) is 48.5 Å². The van der Waals surface area contributed by atoms with Crippen LogP contribution in [0.25, 0.3) is 0 Å². The minimum absolute atomic E-state index is 0.0458. The molecule has 1 aromatic heterocycles. The van der Waals surface area contributed by atoms with Gasteiger partial charge in [-0.1, -0.05) is 44.2 Å². The Morgan fingerprint density at radius 3 is 2.58 bits per heavy atom. The molecule has 2 unspecified atom stereocenters. The molecule has 2 amide bonds. The van der Waals surface area contributed by atoms with Crippen molar-refractivity contribution in [1.82, 2.24) is 25.4 Å².